The van der Waals surface area contributed by atoms with Crippen LogP contribution in [0.15, 0.2) is 24.3 Å². The molecule has 1 heterocycles. The molecule has 1 aromatic rings. The average Bonchev–Trinajstić information content (AvgIpc) is 3.01. The molecule has 1 fully saturated rings. The number of rotatable bonds is 8. The first-order valence-corrected chi connectivity index (χ1v) is 7.59. The molecule has 116 valence electrons. The topological polar surface area (TPSA) is 39.7 Å². The van der Waals surface area contributed by atoms with Crippen LogP contribution >= 0.6 is 0 Å². The number of hydrogen-bond donors (Lipinski definition) is 1. The van der Waals surface area contributed by atoms with E-state index in [2.05, 4.69) is 5.32 Å². The molecule has 0 spiro atoms. The van der Waals surface area contributed by atoms with Crippen molar-refractivity contribution in [3.05, 3.63) is 29.8 Å². The van der Waals surface area contributed by atoms with Gasteiger partial charge >= 0.3 is 0 Å². The third kappa shape index (κ3) is 5.06. The Bertz CT molecular complexity index is 453. The second kappa shape index (κ2) is 8.70. The first-order chi connectivity index (χ1) is 10.3. The third-order valence-corrected chi connectivity index (χ3v) is 3.48. The van der Waals surface area contributed by atoms with Gasteiger partial charge in [0.25, 0.3) is 0 Å². The lowest BCUT2D eigenvalue weighted by atomic mass is 10.2. The maximum atomic E-state index is 5.77. The number of hydrogen-bond acceptors (Lipinski definition) is 4. The monoisotopic (exact) mass is 291 g/mol. The van der Waals surface area contributed by atoms with Crippen molar-refractivity contribution in [2.75, 3.05) is 33.4 Å². The van der Waals surface area contributed by atoms with Gasteiger partial charge in [0.1, 0.15) is 6.61 Å². The Kier molecular flexibility index (Phi) is 6.57. The third-order valence-electron chi connectivity index (χ3n) is 3.48. The maximum Gasteiger partial charge on any atom is 0.161 e. The van der Waals surface area contributed by atoms with Gasteiger partial charge < -0.3 is 19.5 Å². The van der Waals surface area contributed by atoms with Gasteiger partial charge in [-0.2, -0.15) is 0 Å². The zero-order valence-corrected chi connectivity index (χ0v) is 12.9. The van der Waals surface area contributed by atoms with E-state index in [1.807, 2.05) is 37.3 Å². The summed E-state index contributed by atoms with van der Waals surface area (Å²) in [5, 5.41) is 3.36. The minimum Gasteiger partial charge on any atom is -0.493 e. The van der Waals surface area contributed by atoms with E-state index >= 15 is 0 Å². The molecule has 1 aliphatic heterocycles. The Balaban J connectivity index is 1.74. The van der Waals surface area contributed by atoms with Crippen LogP contribution in [0.5, 0.6) is 11.5 Å². The lowest BCUT2D eigenvalue weighted by Crippen LogP contribution is -2.29. The summed E-state index contributed by atoms with van der Waals surface area (Å²) in [4.78, 5) is 0. The number of methoxy groups -OCH3 is 1. The average molecular weight is 291 g/mol. The quantitative estimate of drug-likeness (QED) is 0.748. The molecule has 0 bridgehead atoms. The van der Waals surface area contributed by atoms with E-state index in [1.165, 1.54) is 6.42 Å². The van der Waals surface area contributed by atoms with Gasteiger partial charge in [-0.3, -0.25) is 0 Å². The van der Waals surface area contributed by atoms with E-state index in [0.29, 0.717) is 12.7 Å². The van der Waals surface area contributed by atoms with Crippen LogP contribution in [0.4, 0.5) is 0 Å². The molecule has 1 aliphatic rings. The Morgan fingerprint density at radius 3 is 3.00 bits per heavy atom. The molecule has 21 heavy (non-hydrogen) atoms. The van der Waals surface area contributed by atoms with Crippen LogP contribution in [0, 0.1) is 0 Å². The number of ether oxygens (including phenoxy) is 3. The Morgan fingerprint density at radius 1 is 1.38 bits per heavy atom. The number of benzene rings is 1. The molecule has 1 unspecified atom stereocenters. The zero-order chi connectivity index (χ0) is 14.9. The molecule has 0 aromatic heterocycles. The molecule has 0 amide bonds. The van der Waals surface area contributed by atoms with Crippen molar-refractivity contribution < 1.29 is 14.2 Å². The maximum absolute atomic E-state index is 5.77. The van der Waals surface area contributed by atoms with Crippen molar-refractivity contribution >= 4 is 6.08 Å². The highest BCUT2D eigenvalue weighted by Crippen LogP contribution is 2.28. The van der Waals surface area contributed by atoms with Crippen LogP contribution < -0.4 is 14.8 Å². The molecule has 1 atom stereocenters. The van der Waals surface area contributed by atoms with Crippen molar-refractivity contribution in [3.8, 4) is 11.5 Å². The smallest absolute Gasteiger partial charge is 0.161 e. The summed E-state index contributed by atoms with van der Waals surface area (Å²) in [7, 11) is 1.66. The van der Waals surface area contributed by atoms with E-state index in [-0.39, 0.29) is 0 Å². The largest absolute Gasteiger partial charge is 0.493 e. The SMILES string of the molecule is CC=Cc1ccc(OCCNCC2CCCO2)c(OC)c1. The highest BCUT2D eigenvalue weighted by molar-refractivity contribution is 5.55. The summed E-state index contributed by atoms with van der Waals surface area (Å²) in [6.45, 7) is 5.22. The van der Waals surface area contributed by atoms with Gasteiger partial charge in [-0.25, -0.2) is 0 Å². The van der Waals surface area contributed by atoms with E-state index in [0.717, 1.165) is 43.2 Å². The molecular formula is C17H25NO3. The summed E-state index contributed by atoms with van der Waals surface area (Å²) in [5.41, 5.74) is 1.11. The summed E-state index contributed by atoms with van der Waals surface area (Å²) >= 11 is 0. The van der Waals surface area contributed by atoms with E-state index in [9.17, 15) is 0 Å². The molecule has 2 rings (SSSR count). The van der Waals surface area contributed by atoms with Crippen LogP contribution in [0.25, 0.3) is 6.08 Å². The van der Waals surface area contributed by atoms with Crippen LogP contribution in [0.1, 0.15) is 25.3 Å². The molecule has 1 saturated heterocycles. The summed E-state index contributed by atoms with van der Waals surface area (Å²) in [6, 6.07) is 5.96. The van der Waals surface area contributed by atoms with Crippen LogP contribution in [0.3, 0.4) is 0 Å². The van der Waals surface area contributed by atoms with Crippen molar-refractivity contribution in [2.24, 2.45) is 0 Å². The van der Waals surface area contributed by atoms with Gasteiger partial charge in [-0.1, -0.05) is 18.2 Å². The molecule has 0 saturated carbocycles. The lowest BCUT2D eigenvalue weighted by Gasteiger charge is -2.13. The molecule has 1 N–H and O–H groups in total. The van der Waals surface area contributed by atoms with Gasteiger partial charge in [-0.05, 0) is 37.5 Å². The molecule has 0 radical (unpaired) electrons. The fraction of sp³-hybridized carbons (Fsp3) is 0.529. The summed E-state index contributed by atoms with van der Waals surface area (Å²) in [5.74, 6) is 1.55. The van der Waals surface area contributed by atoms with E-state index < -0.39 is 0 Å². The molecular weight excluding hydrogens is 266 g/mol. The fourth-order valence-corrected chi connectivity index (χ4v) is 2.40. The molecule has 1 aromatic carbocycles. The van der Waals surface area contributed by atoms with Gasteiger partial charge in [0, 0.05) is 19.7 Å². The minimum absolute atomic E-state index is 0.375. The molecule has 0 aliphatic carbocycles. The minimum atomic E-state index is 0.375. The van der Waals surface area contributed by atoms with Crippen molar-refractivity contribution in [2.45, 2.75) is 25.9 Å². The number of allylic oxidation sites excluding steroid dienone is 1. The second-order valence-electron chi connectivity index (χ2n) is 5.10. The van der Waals surface area contributed by atoms with E-state index in [1.54, 1.807) is 7.11 Å². The normalized spacial score (nSPS) is 18.3. The highest BCUT2D eigenvalue weighted by atomic mass is 16.5. The summed E-state index contributed by atoms with van der Waals surface area (Å²) < 4.78 is 16.7. The van der Waals surface area contributed by atoms with Crippen molar-refractivity contribution in [1.29, 1.82) is 0 Å². The predicted octanol–water partition coefficient (Wildman–Crippen LogP) is 2.88. The predicted molar refractivity (Wildman–Crippen MR) is 85.0 cm³/mol. The standard InChI is InChI=1S/C17H25NO3/c1-3-5-14-7-8-16(17(12-14)19-2)21-11-9-18-13-15-6-4-10-20-15/h3,5,7-8,12,15,18H,4,6,9-11,13H2,1-2H3. The van der Waals surface area contributed by atoms with Crippen molar-refractivity contribution in [3.63, 3.8) is 0 Å². The van der Waals surface area contributed by atoms with Crippen LogP contribution in [-0.4, -0.2) is 39.5 Å². The molecule has 4 nitrogen and oxygen atoms in total. The Morgan fingerprint density at radius 2 is 2.29 bits per heavy atom. The van der Waals surface area contributed by atoms with Crippen molar-refractivity contribution in [1.82, 2.24) is 5.32 Å². The zero-order valence-electron chi connectivity index (χ0n) is 12.9. The Hall–Kier alpha value is -1.52. The molecule has 4 heteroatoms. The second-order valence-corrected chi connectivity index (χ2v) is 5.10. The van der Waals surface area contributed by atoms with Gasteiger partial charge in [-0.15, -0.1) is 0 Å². The first-order valence-electron chi connectivity index (χ1n) is 7.59. The van der Waals surface area contributed by atoms with Gasteiger partial charge in [0.2, 0.25) is 0 Å². The van der Waals surface area contributed by atoms with Gasteiger partial charge in [0.05, 0.1) is 13.2 Å². The Labute approximate surface area is 127 Å². The summed E-state index contributed by atoms with van der Waals surface area (Å²) in [6.07, 6.45) is 6.76. The number of nitrogens with one attached hydrogen (secondary N) is 1. The lowest BCUT2D eigenvalue weighted by molar-refractivity contribution is 0.109. The highest BCUT2D eigenvalue weighted by Gasteiger charge is 2.14. The van der Waals surface area contributed by atoms with E-state index in [4.69, 9.17) is 14.2 Å². The van der Waals surface area contributed by atoms with Crippen LogP contribution in [0.2, 0.25) is 0 Å². The van der Waals surface area contributed by atoms with Gasteiger partial charge in [0.15, 0.2) is 11.5 Å². The first kappa shape index (κ1) is 15.9. The fourth-order valence-electron chi connectivity index (χ4n) is 2.40. The van der Waals surface area contributed by atoms with Crippen LogP contribution in [-0.2, 0) is 4.74 Å².